The van der Waals surface area contributed by atoms with Gasteiger partial charge in [-0.3, -0.25) is 9.59 Å². The van der Waals surface area contributed by atoms with Crippen LogP contribution in [0.2, 0.25) is 5.02 Å². The summed E-state index contributed by atoms with van der Waals surface area (Å²) < 4.78 is 0. The summed E-state index contributed by atoms with van der Waals surface area (Å²) in [5.41, 5.74) is 2.65. The number of hydrogen-bond acceptors (Lipinski definition) is 2. The van der Waals surface area contributed by atoms with Crippen LogP contribution in [-0.2, 0) is 0 Å². The summed E-state index contributed by atoms with van der Waals surface area (Å²) in [4.78, 5) is 25.5. The predicted molar refractivity (Wildman–Crippen MR) is 100 cm³/mol. The molecule has 0 aliphatic rings. The Morgan fingerprint density at radius 2 is 1.44 bits per heavy atom. The summed E-state index contributed by atoms with van der Waals surface area (Å²) in [6.07, 6.45) is 0. The van der Waals surface area contributed by atoms with E-state index in [1.54, 1.807) is 66.7 Å². The molecule has 0 aliphatic heterocycles. The summed E-state index contributed by atoms with van der Waals surface area (Å²) in [7, 11) is 0. The average molecular weight is 350 g/mol. The maximum Gasteiger partial charge on any atom is 0.256 e. The Morgan fingerprint density at radius 3 is 2.16 bits per heavy atom. The summed E-state index contributed by atoms with van der Waals surface area (Å²) in [5.74, 6) is -0.528. The molecule has 0 heterocycles. The van der Waals surface area contributed by atoms with Crippen LogP contribution in [0.5, 0.6) is 0 Å². The van der Waals surface area contributed by atoms with Crippen LogP contribution in [0.4, 0.5) is 5.69 Å². The van der Waals surface area contributed by atoms with E-state index >= 15 is 0 Å². The number of halogens is 1. The second-order valence-corrected chi connectivity index (χ2v) is 6.01. The molecule has 3 rings (SSSR count). The van der Waals surface area contributed by atoms with Crippen molar-refractivity contribution in [1.82, 2.24) is 0 Å². The third kappa shape index (κ3) is 3.62. The van der Waals surface area contributed by atoms with Gasteiger partial charge in [0.05, 0.1) is 5.56 Å². The Morgan fingerprint density at radius 1 is 0.800 bits per heavy atom. The van der Waals surface area contributed by atoms with E-state index in [-0.39, 0.29) is 11.7 Å². The topological polar surface area (TPSA) is 46.2 Å². The van der Waals surface area contributed by atoms with E-state index < -0.39 is 0 Å². The van der Waals surface area contributed by atoms with E-state index in [1.807, 2.05) is 13.0 Å². The molecule has 0 saturated carbocycles. The molecule has 0 saturated heterocycles. The van der Waals surface area contributed by atoms with Gasteiger partial charge in [0.25, 0.3) is 5.91 Å². The van der Waals surface area contributed by atoms with Gasteiger partial charge in [0.15, 0.2) is 5.78 Å². The molecular weight excluding hydrogens is 334 g/mol. The van der Waals surface area contributed by atoms with Crippen molar-refractivity contribution in [2.24, 2.45) is 0 Å². The molecule has 3 aromatic carbocycles. The molecule has 0 aromatic heterocycles. The third-order valence-electron chi connectivity index (χ3n) is 3.97. The second-order valence-electron chi connectivity index (χ2n) is 5.61. The van der Waals surface area contributed by atoms with Crippen LogP contribution in [0.1, 0.15) is 31.8 Å². The number of carbonyl (C=O) groups is 2. The quantitative estimate of drug-likeness (QED) is 0.663. The Hall–Kier alpha value is -2.91. The van der Waals surface area contributed by atoms with Crippen molar-refractivity contribution in [3.63, 3.8) is 0 Å². The van der Waals surface area contributed by atoms with Crippen LogP contribution >= 0.6 is 11.6 Å². The summed E-state index contributed by atoms with van der Waals surface area (Å²) in [5, 5.41) is 3.41. The van der Waals surface area contributed by atoms with Crippen molar-refractivity contribution in [2.45, 2.75) is 6.92 Å². The highest BCUT2D eigenvalue weighted by Crippen LogP contribution is 2.24. The molecule has 0 aliphatic carbocycles. The number of hydrogen-bond donors (Lipinski definition) is 1. The Labute approximate surface area is 151 Å². The number of rotatable bonds is 4. The molecule has 0 bridgehead atoms. The fourth-order valence-electron chi connectivity index (χ4n) is 2.56. The van der Waals surface area contributed by atoms with Crippen molar-refractivity contribution in [1.29, 1.82) is 0 Å². The number of carbonyl (C=O) groups excluding carboxylic acids is 2. The van der Waals surface area contributed by atoms with E-state index in [9.17, 15) is 9.59 Å². The average Bonchev–Trinajstić information content (AvgIpc) is 2.65. The first-order valence-corrected chi connectivity index (χ1v) is 8.21. The van der Waals surface area contributed by atoms with Crippen molar-refractivity contribution in [3.05, 3.63) is 100 Å². The molecule has 3 nitrogen and oxygen atoms in total. The Bertz CT molecular complexity index is 936. The van der Waals surface area contributed by atoms with Gasteiger partial charge in [0.2, 0.25) is 0 Å². The van der Waals surface area contributed by atoms with Gasteiger partial charge in [-0.2, -0.15) is 0 Å². The van der Waals surface area contributed by atoms with Crippen molar-refractivity contribution in [2.75, 3.05) is 5.32 Å². The van der Waals surface area contributed by atoms with E-state index in [4.69, 9.17) is 11.6 Å². The first-order valence-electron chi connectivity index (χ1n) is 7.83. The Balaban J connectivity index is 1.94. The molecule has 0 atom stereocenters. The monoisotopic (exact) mass is 349 g/mol. The van der Waals surface area contributed by atoms with E-state index in [0.717, 1.165) is 5.56 Å². The van der Waals surface area contributed by atoms with Crippen LogP contribution in [0.15, 0.2) is 72.8 Å². The minimum absolute atomic E-state index is 0.186. The zero-order chi connectivity index (χ0) is 17.8. The zero-order valence-electron chi connectivity index (χ0n) is 13.6. The van der Waals surface area contributed by atoms with E-state index in [2.05, 4.69) is 5.32 Å². The molecule has 124 valence electrons. The van der Waals surface area contributed by atoms with Gasteiger partial charge in [0, 0.05) is 21.8 Å². The maximum absolute atomic E-state index is 12.7. The SMILES string of the molecule is Cc1c(Cl)cccc1NC(=O)c1ccccc1C(=O)c1ccccc1. The van der Waals surface area contributed by atoms with Crippen LogP contribution in [0.25, 0.3) is 0 Å². The van der Waals surface area contributed by atoms with E-state index in [1.165, 1.54) is 0 Å². The highest BCUT2D eigenvalue weighted by Gasteiger charge is 2.18. The van der Waals surface area contributed by atoms with Crippen LogP contribution in [0, 0.1) is 6.92 Å². The molecule has 0 fully saturated rings. The second kappa shape index (κ2) is 7.32. The molecule has 1 amide bonds. The van der Waals surface area contributed by atoms with E-state index in [0.29, 0.717) is 27.4 Å². The number of ketones is 1. The van der Waals surface area contributed by atoms with Gasteiger partial charge in [-0.25, -0.2) is 0 Å². The third-order valence-corrected chi connectivity index (χ3v) is 4.38. The van der Waals surface area contributed by atoms with Gasteiger partial charge < -0.3 is 5.32 Å². The Kier molecular flexibility index (Phi) is 4.96. The number of nitrogens with one attached hydrogen (secondary N) is 1. The standard InChI is InChI=1S/C21H16ClNO2/c1-14-18(22)12-7-13-19(14)23-21(25)17-11-6-5-10-16(17)20(24)15-8-3-2-4-9-15/h2-13H,1H3,(H,23,25). The first kappa shape index (κ1) is 16.9. The lowest BCUT2D eigenvalue weighted by molar-refractivity contribution is 0.0996. The number of benzene rings is 3. The van der Waals surface area contributed by atoms with Crippen molar-refractivity contribution >= 4 is 29.0 Å². The smallest absolute Gasteiger partial charge is 0.256 e. The van der Waals surface area contributed by atoms with Gasteiger partial charge in [0.1, 0.15) is 0 Å². The summed E-state index contributed by atoms with van der Waals surface area (Å²) in [6.45, 7) is 1.83. The lowest BCUT2D eigenvalue weighted by Crippen LogP contribution is -2.17. The molecule has 3 aromatic rings. The van der Waals surface area contributed by atoms with Crippen molar-refractivity contribution in [3.8, 4) is 0 Å². The van der Waals surface area contributed by atoms with Gasteiger partial charge >= 0.3 is 0 Å². The maximum atomic E-state index is 12.7. The van der Waals surface area contributed by atoms with Gasteiger partial charge in [-0.05, 0) is 30.7 Å². The van der Waals surface area contributed by atoms with Crippen LogP contribution in [0.3, 0.4) is 0 Å². The lowest BCUT2D eigenvalue weighted by Gasteiger charge is -2.12. The highest BCUT2D eigenvalue weighted by molar-refractivity contribution is 6.31. The molecule has 1 N–H and O–H groups in total. The van der Waals surface area contributed by atoms with Gasteiger partial charge in [-0.1, -0.05) is 66.2 Å². The first-order chi connectivity index (χ1) is 12.1. The number of amides is 1. The normalized spacial score (nSPS) is 10.3. The molecule has 0 radical (unpaired) electrons. The molecular formula is C21H16ClNO2. The largest absolute Gasteiger partial charge is 0.322 e. The minimum Gasteiger partial charge on any atom is -0.322 e. The van der Waals surface area contributed by atoms with Crippen molar-refractivity contribution < 1.29 is 9.59 Å². The molecule has 0 spiro atoms. The van der Waals surface area contributed by atoms with Crippen LogP contribution < -0.4 is 5.32 Å². The minimum atomic E-state index is -0.342. The van der Waals surface area contributed by atoms with Crippen LogP contribution in [-0.4, -0.2) is 11.7 Å². The zero-order valence-corrected chi connectivity index (χ0v) is 14.4. The fraction of sp³-hybridized carbons (Fsp3) is 0.0476. The van der Waals surface area contributed by atoms with Gasteiger partial charge in [-0.15, -0.1) is 0 Å². The summed E-state index contributed by atoms with van der Waals surface area (Å²) in [6, 6.07) is 21.0. The number of anilines is 1. The summed E-state index contributed by atoms with van der Waals surface area (Å²) >= 11 is 6.10. The predicted octanol–water partition coefficient (Wildman–Crippen LogP) is 5.13. The lowest BCUT2D eigenvalue weighted by atomic mass is 9.98. The molecule has 25 heavy (non-hydrogen) atoms. The molecule has 4 heteroatoms. The fourth-order valence-corrected chi connectivity index (χ4v) is 2.73. The molecule has 0 unspecified atom stereocenters. The highest BCUT2D eigenvalue weighted by atomic mass is 35.5.